The normalized spacial score (nSPS) is 10.6. The van der Waals surface area contributed by atoms with Crippen LogP contribution in [-0.4, -0.2) is 11.1 Å². The molecule has 0 aliphatic heterocycles. The Morgan fingerprint density at radius 3 is 2.64 bits per heavy atom. The van der Waals surface area contributed by atoms with Crippen molar-refractivity contribution < 1.29 is 4.39 Å². The maximum atomic E-state index is 12.9. The SMILES string of the molecule is CC(C)Sc1ccc(F)cc1C(=N)N. The Balaban J connectivity index is 3.08. The van der Waals surface area contributed by atoms with E-state index < -0.39 is 0 Å². The molecule has 1 rings (SSSR count). The molecule has 76 valence electrons. The van der Waals surface area contributed by atoms with Crippen molar-refractivity contribution in [2.75, 3.05) is 0 Å². The molecule has 0 atom stereocenters. The van der Waals surface area contributed by atoms with Gasteiger partial charge in [0.25, 0.3) is 0 Å². The molecule has 0 heterocycles. The number of nitrogen functional groups attached to an aromatic ring is 1. The van der Waals surface area contributed by atoms with Crippen LogP contribution in [0.15, 0.2) is 23.1 Å². The highest BCUT2D eigenvalue weighted by atomic mass is 32.2. The largest absolute Gasteiger partial charge is 0.384 e. The van der Waals surface area contributed by atoms with Gasteiger partial charge >= 0.3 is 0 Å². The van der Waals surface area contributed by atoms with E-state index in [9.17, 15) is 4.39 Å². The molecule has 0 radical (unpaired) electrons. The fraction of sp³-hybridized carbons (Fsp3) is 0.300. The fourth-order valence-corrected chi connectivity index (χ4v) is 2.02. The summed E-state index contributed by atoms with van der Waals surface area (Å²) in [5, 5.41) is 7.70. The van der Waals surface area contributed by atoms with E-state index in [2.05, 4.69) is 0 Å². The summed E-state index contributed by atoms with van der Waals surface area (Å²) in [7, 11) is 0. The van der Waals surface area contributed by atoms with E-state index in [4.69, 9.17) is 11.1 Å². The molecule has 0 aliphatic carbocycles. The van der Waals surface area contributed by atoms with E-state index in [1.165, 1.54) is 12.1 Å². The van der Waals surface area contributed by atoms with Crippen molar-refractivity contribution in [2.45, 2.75) is 24.0 Å². The maximum absolute atomic E-state index is 12.9. The Kier molecular flexibility index (Phi) is 3.52. The van der Waals surface area contributed by atoms with Crippen molar-refractivity contribution in [3.8, 4) is 0 Å². The summed E-state index contributed by atoms with van der Waals surface area (Å²) in [6.07, 6.45) is 0. The average Bonchev–Trinajstić information content (AvgIpc) is 2.07. The van der Waals surface area contributed by atoms with Crippen LogP contribution in [0.25, 0.3) is 0 Å². The first-order valence-electron chi connectivity index (χ1n) is 4.31. The molecule has 3 N–H and O–H groups in total. The van der Waals surface area contributed by atoms with Crippen LogP contribution in [0, 0.1) is 11.2 Å². The monoisotopic (exact) mass is 212 g/mol. The molecule has 0 fully saturated rings. The van der Waals surface area contributed by atoms with Crippen LogP contribution < -0.4 is 5.73 Å². The van der Waals surface area contributed by atoms with Gasteiger partial charge in [0, 0.05) is 15.7 Å². The molecule has 0 bridgehead atoms. The summed E-state index contributed by atoms with van der Waals surface area (Å²) in [6, 6.07) is 4.35. The molecule has 0 saturated carbocycles. The number of rotatable bonds is 3. The number of nitrogens with two attached hydrogens (primary N) is 1. The van der Waals surface area contributed by atoms with Gasteiger partial charge in [0.05, 0.1) is 0 Å². The summed E-state index contributed by atoms with van der Waals surface area (Å²) in [4.78, 5) is 0.855. The van der Waals surface area contributed by atoms with Gasteiger partial charge in [0.2, 0.25) is 0 Å². The van der Waals surface area contributed by atoms with Gasteiger partial charge < -0.3 is 5.73 Å². The molecule has 0 aliphatic rings. The molecule has 0 unspecified atom stereocenters. The molecule has 14 heavy (non-hydrogen) atoms. The smallest absolute Gasteiger partial charge is 0.124 e. The van der Waals surface area contributed by atoms with Crippen molar-refractivity contribution in [2.24, 2.45) is 5.73 Å². The zero-order valence-corrected chi connectivity index (χ0v) is 8.99. The molecular weight excluding hydrogens is 199 g/mol. The van der Waals surface area contributed by atoms with E-state index in [-0.39, 0.29) is 11.7 Å². The zero-order chi connectivity index (χ0) is 10.7. The highest BCUT2D eigenvalue weighted by Crippen LogP contribution is 2.26. The number of thioether (sulfide) groups is 1. The Labute approximate surface area is 87.2 Å². The molecule has 1 aromatic carbocycles. The highest BCUT2D eigenvalue weighted by molar-refractivity contribution is 8.00. The fourth-order valence-electron chi connectivity index (χ4n) is 1.07. The Morgan fingerprint density at radius 2 is 2.14 bits per heavy atom. The van der Waals surface area contributed by atoms with Gasteiger partial charge in [-0.25, -0.2) is 4.39 Å². The quantitative estimate of drug-likeness (QED) is 0.459. The minimum atomic E-state index is -0.358. The Morgan fingerprint density at radius 1 is 1.50 bits per heavy atom. The summed E-state index contributed by atoms with van der Waals surface area (Å²) in [6.45, 7) is 4.08. The molecule has 0 saturated heterocycles. The van der Waals surface area contributed by atoms with Gasteiger partial charge in [-0.3, -0.25) is 5.41 Å². The topological polar surface area (TPSA) is 49.9 Å². The Hall–Kier alpha value is -1.03. The second-order valence-electron chi connectivity index (χ2n) is 3.22. The molecule has 0 amide bonds. The number of halogens is 1. The van der Waals surface area contributed by atoms with Crippen LogP contribution in [0.5, 0.6) is 0 Å². The molecule has 1 aromatic rings. The third kappa shape index (κ3) is 2.73. The predicted octanol–water partition coefficient (Wildman–Crippen LogP) is 2.61. The van der Waals surface area contributed by atoms with Crippen LogP contribution in [0.1, 0.15) is 19.4 Å². The van der Waals surface area contributed by atoms with Gasteiger partial charge in [-0.05, 0) is 18.2 Å². The highest BCUT2D eigenvalue weighted by Gasteiger charge is 2.08. The number of hydrogen-bond donors (Lipinski definition) is 2. The molecule has 4 heteroatoms. The van der Waals surface area contributed by atoms with Crippen LogP contribution in [0.4, 0.5) is 4.39 Å². The molecular formula is C10H13FN2S. The van der Waals surface area contributed by atoms with Crippen molar-refractivity contribution in [1.82, 2.24) is 0 Å². The van der Waals surface area contributed by atoms with Gasteiger partial charge in [0.15, 0.2) is 0 Å². The van der Waals surface area contributed by atoms with Gasteiger partial charge in [0.1, 0.15) is 11.7 Å². The lowest BCUT2D eigenvalue weighted by molar-refractivity contribution is 0.626. The third-order valence-electron chi connectivity index (χ3n) is 1.59. The van der Waals surface area contributed by atoms with E-state index >= 15 is 0 Å². The molecule has 2 nitrogen and oxygen atoms in total. The van der Waals surface area contributed by atoms with E-state index in [0.717, 1.165) is 4.90 Å². The van der Waals surface area contributed by atoms with E-state index in [1.54, 1.807) is 17.8 Å². The zero-order valence-electron chi connectivity index (χ0n) is 8.17. The number of hydrogen-bond acceptors (Lipinski definition) is 2. The lowest BCUT2D eigenvalue weighted by Gasteiger charge is -2.09. The first kappa shape index (κ1) is 11.0. The summed E-state index contributed by atoms with van der Waals surface area (Å²) in [5.41, 5.74) is 5.84. The number of nitrogens with one attached hydrogen (secondary N) is 1. The van der Waals surface area contributed by atoms with Gasteiger partial charge in [-0.15, -0.1) is 11.8 Å². The minimum Gasteiger partial charge on any atom is -0.384 e. The van der Waals surface area contributed by atoms with Crippen molar-refractivity contribution >= 4 is 17.6 Å². The van der Waals surface area contributed by atoms with Crippen LogP contribution in [-0.2, 0) is 0 Å². The summed E-state index contributed by atoms with van der Waals surface area (Å²) < 4.78 is 12.9. The number of amidine groups is 1. The summed E-state index contributed by atoms with van der Waals surface area (Å²) in [5.74, 6) is -0.448. The van der Waals surface area contributed by atoms with Crippen LogP contribution in [0.2, 0.25) is 0 Å². The van der Waals surface area contributed by atoms with Gasteiger partial charge in [-0.1, -0.05) is 13.8 Å². The molecule has 0 spiro atoms. The first-order valence-corrected chi connectivity index (χ1v) is 5.19. The van der Waals surface area contributed by atoms with Crippen molar-refractivity contribution in [1.29, 1.82) is 5.41 Å². The summed E-state index contributed by atoms with van der Waals surface area (Å²) >= 11 is 1.57. The average molecular weight is 212 g/mol. The second-order valence-corrected chi connectivity index (χ2v) is 4.84. The predicted molar refractivity (Wildman–Crippen MR) is 58.4 cm³/mol. The third-order valence-corrected chi connectivity index (χ3v) is 2.68. The van der Waals surface area contributed by atoms with E-state index in [0.29, 0.717) is 10.8 Å². The number of benzene rings is 1. The second kappa shape index (κ2) is 4.46. The Bertz CT molecular complexity index is 350. The standard InChI is InChI=1S/C10H13FN2S/c1-6(2)14-9-4-3-7(11)5-8(9)10(12)13/h3-6H,1-2H3,(H3,12,13). The van der Waals surface area contributed by atoms with Crippen molar-refractivity contribution in [3.05, 3.63) is 29.6 Å². The lowest BCUT2D eigenvalue weighted by Crippen LogP contribution is -2.13. The minimum absolute atomic E-state index is 0.0901. The molecule has 0 aromatic heterocycles. The van der Waals surface area contributed by atoms with E-state index in [1.807, 2.05) is 13.8 Å². The van der Waals surface area contributed by atoms with Crippen molar-refractivity contribution in [3.63, 3.8) is 0 Å². The first-order chi connectivity index (χ1) is 6.50. The lowest BCUT2D eigenvalue weighted by atomic mass is 10.2. The maximum Gasteiger partial charge on any atom is 0.124 e. The van der Waals surface area contributed by atoms with Gasteiger partial charge in [-0.2, -0.15) is 0 Å². The van der Waals surface area contributed by atoms with Crippen LogP contribution in [0.3, 0.4) is 0 Å². The van der Waals surface area contributed by atoms with Crippen LogP contribution >= 0.6 is 11.8 Å².